The summed E-state index contributed by atoms with van der Waals surface area (Å²) in [5.41, 5.74) is 0.0791. The summed E-state index contributed by atoms with van der Waals surface area (Å²) in [6.45, 7) is 3.92. The molecule has 0 fully saturated rings. The zero-order valence-electron chi connectivity index (χ0n) is 11.4. The van der Waals surface area contributed by atoms with Crippen LogP contribution in [0, 0.1) is 5.92 Å². The Bertz CT molecular complexity index is 423. The van der Waals surface area contributed by atoms with Crippen LogP contribution in [0.1, 0.15) is 38.3 Å². The van der Waals surface area contributed by atoms with Crippen LogP contribution < -0.4 is 5.32 Å². The highest BCUT2D eigenvalue weighted by molar-refractivity contribution is 9.10. The van der Waals surface area contributed by atoms with E-state index in [4.69, 9.17) is 0 Å². The van der Waals surface area contributed by atoms with Gasteiger partial charge in [0.1, 0.15) is 12.3 Å². The fourth-order valence-corrected chi connectivity index (χ4v) is 2.25. The number of hydrogen-bond acceptors (Lipinski definition) is 2. The van der Waals surface area contributed by atoms with Gasteiger partial charge in [-0.05, 0) is 36.5 Å². The molecule has 0 aromatic heterocycles. The van der Waals surface area contributed by atoms with Crippen molar-refractivity contribution in [2.24, 2.45) is 5.92 Å². The molecule has 0 heterocycles. The highest BCUT2D eigenvalue weighted by Gasteiger charge is 2.41. The van der Waals surface area contributed by atoms with Crippen LogP contribution in [0.15, 0.2) is 28.7 Å². The minimum Gasteiger partial charge on any atom is -0.379 e. The molecule has 1 aromatic rings. The topological polar surface area (TPSA) is 32.3 Å². The monoisotopic (exact) mass is 353 g/mol. The number of aliphatic hydroxyl groups is 1. The molecule has 20 heavy (non-hydrogen) atoms. The lowest BCUT2D eigenvalue weighted by Crippen LogP contribution is -2.40. The minimum absolute atomic E-state index is 0.0791. The molecule has 0 saturated carbocycles. The molecule has 6 heteroatoms. The molecule has 0 aliphatic rings. The Morgan fingerprint density at radius 2 is 1.90 bits per heavy atom. The molecule has 0 spiro atoms. The summed E-state index contributed by atoms with van der Waals surface area (Å²) < 4.78 is 39.9. The van der Waals surface area contributed by atoms with Gasteiger partial charge >= 0.3 is 6.18 Å². The predicted octanol–water partition coefficient (Wildman–Crippen LogP) is 4.40. The van der Waals surface area contributed by atoms with Crippen LogP contribution in [-0.4, -0.2) is 17.5 Å². The van der Waals surface area contributed by atoms with E-state index in [9.17, 15) is 18.3 Å². The SMILES string of the molecule is CC(C)CC[C@H](O)N[C@@H](c1cccc(Br)c1)C(F)(F)F. The first-order chi connectivity index (χ1) is 9.20. The third-order valence-electron chi connectivity index (χ3n) is 2.89. The third-order valence-corrected chi connectivity index (χ3v) is 3.38. The highest BCUT2D eigenvalue weighted by Crippen LogP contribution is 2.34. The van der Waals surface area contributed by atoms with Crippen LogP contribution in [0.5, 0.6) is 0 Å². The molecular formula is C14H19BrF3NO. The standard InChI is InChI=1S/C14H19BrF3NO/c1-9(2)6-7-12(20)19-13(14(16,17)18)10-4-3-5-11(15)8-10/h3-5,8-9,12-13,19-20H,6-7H2,1-2H3/t12-,13-/m0/s1. The predicted molar refractivity (Wildman–Crippen MR) is 76.2 cm³/mol. The van der Waals surface area contributed by atoms with Crippen LogP contribution >= 0.6 is 15.9 Å². The van der Waals surface area contributed by atoms with Crippen LogP contribution in [0.3, 0.4) is 0 Å². The summed E-state index contributed by atoms with van der Waals surface area (Å²) in [5, 5.41) is 12.0. The van der Waals surface area contributed by atoms with Crippen LogP contribution in [-0.2, 0) is 0 Å². The molecule has 0 amide bonds. The Morgan fingerprint density at radius 1 is 1.25 bits per heavy atom. The van der Waals surface area contributed by atoms with Crippen LogP contribution in [0.4, 0.5) is 13.2 Å². The molecule has 2 nitrogen and oxygen atoms in total. The molecule has 114 valence electrons. The molecular weight excluding hydrogens is 335 g/mol. The molecule has 1 aromatic carbocycles. The zero-order chi connectivity index (χ0) is 15.3. The van der Waals surface area contributed by atoms with Crippen LogP contribution in [0.25, 0.3) is 0 Å². The number of nitrogens with one attached hydrogen (secondary N) is 1. The van der Waals surface area contributed by atoms with E-state index in [0.29, 0.717) is 16.8 Å². The summed E-state index contributed by atoms with van der Waals surface area (Å²) in [6, 6.07) is 4.12. The van der Waals surface area contributed by atoms with Crippen molar-refractivity contribution in [3.63, 3.8) is 0 Å². The van der Waals surface area contributed by atoms with Crippen molar-refractivity contribution in [2.45, 2.75) is 45.1 Å². The second-order valence-corrected chi connectivity index (χ2v) is 6.10. The van der Waals surface area contributed by atoms with Crippen molar-refractivity contribution >= 4 is 15.9 Å². The summed E-state index contributed by atoms with van der Waals surface area (Å²) in [4.78, 5) is 0. The molecule has 0 unspecified atom stereocenters. The maximum absolute atomic E-state index is 13.1. The van der Waals surface area contributed by atoms with Gasteiger partial charge in [-0.1, -0.05) is 41.9 Å². The van der Waals surface area contributed by atoms with Gasteiger partial charge in [0.2, 0.25) is 0 Å². The lowest BCUT2D eigenvalue weighted by Gasteiger charge is -2.25. The molecule has 0 radical (unpaired) electrons. The Morgan fingerprint density at radius 3 is 2.40 bits per heavy atom. The van der Waals surface area contributed by atoms with Crippen LogP contribution in [0.2, 0.25) is 0 Å². The minimum atomic E-state index is -4.46. The van der Waals surface area contributed by atoms with Gasteiger partial charge in [0, 0.05) is 4.47 Å². The fourth-order valence-electron chi connectivity index (χ4n) is 1.83. The first-order valence-corrected chi connectivity index (χ1v) is 7.25. The van der Waals surface area contributed by atoms with Gasteiger partial charge in [-0.3, -0.25) is 5.32 Å². The van der Waals surface area contributed by atoms with Gasteiger partial charge < -0.3 is 5.11 Å². The molecule has 1 rings (SSSR count). The Balaban J connectivity index is 2.81. The van der Waals surface area contributed by atoms with Gasteiger partial charge in [0.15, 0.2) is 0 Å². The molecule has 2 atom stereocenters. The fraction of sp³-hybridized carbons (Fsp3) is 0.571. The first kappa shape index (κ1) is 17.5. The van der Waals surface area contributed by atoms with Crippen molar-refractivity contribution in [1.82, 2.24) is 5.32 Å². The Labute approximate surface area is 125 Å². The van der Waals surface area contributed by atoms with E-state index < -0.39 is 18.4 Å². The summed E-state index contributed by atoms with van der Waals surface area (Å²) in [5.74, 6) is 0.335. The van der Waals surface area contributed by atoms with E-state index in [1.165, 1.54) is 12.1 Å². The third kappa shape index (κ3) is 5.81. The van der Waals surface area contributed by atoms with Crippen molar-refractivity contribution in [3.8, 4) is 0 Å². The number of aliphatic hydroxyl groups excluding tert-OH is 1. The normalized spacial score (nSPS) is 15.4. The number of benzene rings is 1. The van der Waals surface area contributed by atoms with Gasteiger partial charge in [0.25, 0.3) is 0 Å². The average molecular weight is 354 g/mol. The van der Waals surface area contributed by atoms with E-state index in [1.54, 1.807) is 12.1 Å². The Kier molecular flexibility index (Phi) is 6.48. The van der Waals surface area contributed by atoms with Crippen molar-refractivity contribution < 1.29 is 18.3 Å². The van der Waals surface area contributed by atoms with Gasteiger partial charge in [0.05, 0.1) is 0 Å². The summed E-state index contributed by atoms with van der Waals surface area (Å²) >= 11 is 3.16. The number of halogens is 4. The van der Waals surface area contributed by atoms with E-state index in [0.717, 1.165) is 0 Å². The number of rotatable bonds is 6. The second-order valence-electron chi connectivity index (χ2n) is 5.18. The first-order valence-electron chi connectivity index (χ1n) is 6.46. The number of hydrogen-bond donors (Lipinski definition) is 2. The van der Waals surface area contributed by atoms with Crippen molar-refractivity contribution in [1.29, 1.82) is 0 Å². The maximum Gasteiger partial charge on any atom is 0.407 e. The van der Waals surface area contributed by atoms with Crippen molar-refractivity contribution in [3.05, 3.63) is 34.3 Å². The number of alkyl halides is 3. The van der Waals surface area contributed by atoms with Gasteiger partial charge in [-0.2, -0.15) is 13.2 Å². The Hall–Kier alpha value is -0.590. The summed E-state index contributed by atoms with van der Waals surface area (Å²) in [7, 11) is 0. The average Bonchev–Trinajstić information content (AvgIpc) is 2.32. The second kappa shape index (κ2) is 7.43. The van der Waals surface area contributed by atoms with E-state index in [-0.39, 0.29) is 12.0 Å². The zero-order valence-corrected chi connectivity index (χ0v) is 13.0. The smallest absolute Gasteiger partial charge is 0.379 e. The molecule has 0 saturated heterocycles. The highest BCUT2D eigenvalue weighted by atomic mass is 79.9. The van der Waals surface area contributed by atoms with E-state index in [2.05, 4.69) is 21.2 Å². The lowest BCUT2D eigenvalue weighted by molar-refractivity contribution is -0.165. The largest absolute Gasteiger partial charge is 0.407 e. The lowest BCUT2D eigenvalue weighted by atomic mass is 10.0. The quantitative estimate of drug-likeness (QED) is 0.743. The molecule has 0 bridgehead atoms. The molecule has 0 aliphatic heterocycles. The van der Waals surface area contributed by atoms with E-state index in [1.807, 2.05) is 13.8 Å². The van der Waals surface area contributed by atoms with Crippen molar-refractivity contribution in [2.75, 3.05) is 0 Å². The summed E-state index contributed by atoms with van der Waals surface area (Å²) in [6.07, 6.45) is -4.68. The molecule has 0 aliphatic carbocycles. The maximum atomic E-state index is 13.1. The molecule has 2 N–H and O–H groups in total. The van der Waals surface area contributed by atoms with Gasteiger partial charge in [-0.15, -0.1) is 0 Å². The van der Waals surface area contributed by atoms with E-state index >= 15 is 0 Å². The van der Waals surface area contributed by atoms with Gasteiger partial charge in [-0.25, -0.2) is 0 Å².